The second-order valence-corrected chi connectivity index (χ2v) is 8.09. The smallest absolute Gasteiger partial charge is 0.0596 e. The first-order valence-electron chi connectivity index (χ1n) is 9.74. The summed E-state index contributed by atoms with van der Waals surface area (Å²) in [6.07, 6.45) is 13.2. The van der Waals surface area contributed by atoms with E-state index in [9.17, 15) is 0 Å². The van der Waals surface area contributed by atoms with E-state index in [4.69, 9.17) is 4.99 Å². The maximum absolute atomic E-state index is 5.13. The van der Waals surface area contributed by atoms with Gasteiger partial charge in [-0.15, -0.1) is 0 Å². The van der Waals surface area contributed by atoms with Crippen LogP contribution < -0.4 is 4.90 Å². The highest BCUT2D eigenvalue weighted by Crippen LogP contribution is 2.49. The molecule has 1 saturated carbocycles. The number of allylic oxidation sites excluding steroid dienone is 1. The van der Waals surface area contributed by atoms with Gasteiger partial charge in [-0.05, 0) is 68.6 Å². The van der Waals surface area contributed by atoms with Gasteiger partial charge in [-0.3, -0.25) is 4.99 Å². The number of nitrogens with zero attached hydrogens (tertiary/aromatic N) is 2. The highest BCUT2D eigenvalue weighted by molar-refractivity contribution is 5.80. The van der Waals surface area contributed by atoms with Crippen molar-refractivity contribution in [3.8, 4) is 0 Å². The fourth-order valence-corrected chi connectivity index (χ4v) is 5.12. The molecule has 24 heavy (non-hydrogen) atoms. The van der Waals surface area contributed by atoms with E-state index in [2.05, 4.69) is 49.5 Å². The van der Waals surface area contributed by atoms with E-state index >= 15 is 0 Å². The van der Waals surface area contributed by atoms with Gasteiger partial charge in [0.1, 0.15) is 0 Å². The Morgan fingerprint density at radius 3 is 2.58 bits per heavy atom. The molecule has 0 radical (unpaired) electrons. The van der Waals surface area contributed by atoms with E-state index in [0.29, 0.717) is 6.04 Å². The Labute approximate surface area is 146 Å². The van der Waals surface area contributed by atoms with E-state index in [1.165, 1.54) is 62.6 Å². The van der Waals surface area contributed by atoms with E-state index in [-0.39, 0.29) is 0 Å². The Bertz CT molecular complexity index is 638. The van der Waals surface area contributed by atoms with Crippen LogP contribution in [0, 0.1) is 11.8 Å². The lowest BCUT2D eigenvalue weighted by Gasteiger charge is -2.44. The van der Waals surface area contributed by atoms with Gasteiger partial charge in [0.2, 0.25) is 0 Å². The summed E-state index contributed by atoms with van der Waals surface area (Å²) in [5, 5.41) is 0. The van der Waals surface area contributed by atoms with Crippen LogP contribution in [0.3, 0.4) is 0 Å². The minimum atomic E-state index is 0.545. The second-order valence-electron chi connectivity index (χ2n) is 8.09. The zero-order chi connectivity index (χ0) is 16.5. The van der Waals surface area contributed by atoms with Crippen LogP contribution in [0.25, 0.3) is 0 Å². The lowest BCUT2D eigenvalue weighted by molar-refractivity contribution is 0.215. The van der Waals surface area contributed by atoms with Gasteiger partial charge >= 0.3 is 0 Å². The molecule has 0 spiro atoms. The van der Waals surface area contributed by atoms with Crippen LogP contribution >= 0.6 is 0 Å². The summed E-state index contributed by atoms with van der Waals surface area (Å²) >= 11 is 0. The minimum Gasteiger partial charge on any atom is -0.378 e. The third-order valence-corrected chi connectivity index (χ3v) is 6.38. The molecule has 0 aliphatic heterocycles. The van der Waals surface area contributed by atoms with Crippen LogP contribution in [-0.4, -0.2) is 26.4 Å². The van der Waals surface area contributed by atoms with Crippen molar-refractivity contribution in [2.75, 3.05) is 19.0 Å². The monoisotopic (exact) mass is 322 g/mol. The fraction of sp³-hybridized carbons (Fsp3) is 0.591. The molecule has 3 aliphatic rings. The molecule has 128 valence electrons. The van der Waals surface area contributed by atoms with Crippen molar-refractivity contribution in [2.45, 2.75) is 57.4 Å². The number of benzene rings is 1. The van der Waals surface area contributed by atoms with Crippen molar-refractivity contribution in [1.29, 1.82) is 0 Å². The number of hydrogen-bond acceptors (Lipinski definition) is 2. The fourth-order valence-electron chi connectivity index (χ4n) is 5.12. The molecule has 0 aromatic heterocycles. The maximum Gasteiger partial charge on any atom is 0.0596 e. The van der Waals surface area contributed by atoms with Crippen molar-refractivity contribution in [1.82, 2.24) is 0 Å². The highest BCUT2D eigenvalue weighted by Gasteiger charge is 2.40. The average Bonchev–Trinajstić information content (AvgIpc) is 2.60. The Balaban J connectivity index is 1.54. The van der Waals surface area contributed by atoms with Gasteiger partial charge in [0.25, 0.3) is 0 Å². The standard InChI is InChI=1S/C22H30N2/c1-24(2)19-12-10-16(11-13-19)15-23-22-18-7-5-9-21(22)20-8-4-3-6-17(20)14-18/h10-13,15,18,21-22H,3-9,14H2,1-2H3/t18-,21+,22+/m0/s1. The third-order valence-electron chi connectivity index (χ3n) is 6.38. The summed E-state index contributed by atoms with van der Waals surface area (Å²) in [5.74, 6) is 1.56. The molecule has 4 rings (SSSR count). The van der Waals surface area contributed by atoms with E-state index in [1.54, 1.807) is 0 Å². The van der Waals surface area contributed by atoms with Gasteiger partial charge in [0.15, 0.2) is 0 Å². The van der Waals surface area contributed by atoms with Gasteiger partial charge in [-0.2, -0.15) is 0 Å². The minimum absolute atomic E-state index is 0.545. The lowest BCUT2D eigenvalue weighted by Crippen LogP contribution is -2.38. The predicted octanol–water partition coefficient (Wildman–Crippen LogP) is 5.23. The molecule has 0 unspecified atom stereocenters. The topological polar surface area (TPSA) is 15.6 Å². The van der Waals surface area contributed by atoms with Crippen LogP contribution in [0.15, 0.2) is 40.4 Å². The molecule has 1 aromatic rings. The molecule has 2 nitrogen and oxygen atoms in total. The number of aliphatic imine (C=N–C) groups is 1. The Morgan fingerprint density at radius 2 is 1.79 bits per heavy atom. The number of rotatable bonds is 3. The molecule has 0 heterocycles. The molecule has 3 atom stereocenters. The zero-order valence-corrected chi connectivity index (χ0v) is 15.2. The quantitative estimate of drug-likeness (QED) is 0.549. The molecular weight excluding hydrogens is 292 g/mol. The largest absolute Gasteiger partial charge is 0.378 e. The summed E-state index contributed by atoms with van der Waals surface area (Å²) in [6, 6.07) is 9.31. The highest BCUT2D eigenvalue weighted by atomic mass is 15.1. The van der Waals surface area contributed by atoms with Crippen LogP contribution in [0.5, 0.6) is 0 Å². The summed E-state index contributed by atoms with van der Waals surface area (Å²) in [7, 11) is 4.17. The van der Waals surface area contributed by atoms with E-state index < -0.39 is 0 Å². The summed E-state index contributed by atoms with van der Waals surface area (Å²) in [4.78, 5) is 7.27. The first-order valence-corrected chi connectivity index (χ1v) is 9.74. The molecule has 1 fully saturated rings. The first-order chi connectivity index (χ1) is 11.7. The zero-order valence-electron chi connectivity index (χ0n) is 15.2. The first kappa shape index (κ1) is 15.9. The van der Waals surface area contributed by atoms with E-state index in [1.807, 2.05) is 11.1 Å². The normalized spacial score (nSPS) is 29.7. The van der Waals surface area contributed by atoms with Gasteiger partial charge < -0.3 is 4.90 Å². The van der Waals surface area contributed by atoms with Crippen molar-refractivity contribution in [3.63, 3.8) is 0 Å². The molecule has 1 aromatic carbocycles. The van der Waals surface area contributed by atoms with Crippen molar-refractivity contribution < 1.29 is 0 Å². The Kier molecular flexibility index (Phi) is 4.47. The number of hydrogen-bond donors (Lipinski definition) is 0. The molecular formula is C22H30N2. The van der Waals surface area contributed by atoms with Gasteiger partial charge in [0.05, 0.1) is 6.04 Å². The van der Waals surface area contributed by atoms with Gasteiger partial charge in [-0.1, -0.05) is 29.7 Å². The molecule has 0 amide bonds. The average molecular weight is 322 g/mol. The van der Waals surface area contributed by atoms with Crippen molar-refractivity contribution in [2.24, 2.45) is 16.8 Å². The van der Waals surface area contributed by atoms with Gasteiger partial charge in [0, 0.05) is 31.9 Å². The summed E-state index contributed by atoms with van der Waals surface area (Å²) in [6.45, 7) is 0. The molecule has 2 heteroatoms. The van der Waals surface area contributed by atoms with Crippen molar-refractivity contribution in [3.05, 3.63) is 41.0 Å². The number of fused-ring (bicyclic) bond motifs is 3. The van der Waals surface area contributed by atoms with Crippen LogP contribution in [0.2, 0.25) is 0 Å². The van der Waals surface area contributed by atoms with Crippen molar-refractivity contribution >= 4 is 11.9 Å². The Hall–Kier alpha value is -1.57. The SMILES string of the molecule is CN(C)c1ccc(C=N[C@@H]2[C@H]3CCC[C@@H]2C2=C(CCCC2)C3)cc1. The molecule has 0 N–H and O–H groups in total. The number of anilines is 1. The lowest BCUT2D eigenvalue weighted by atomic mass is 9.63. The van der Waals surface area contributed by atoms with Crippen LogP contribution in [0.4, 0.5) is 5.69 Å². The summed E-state index contributed by atoms with van der Waals surface area (Å²) < 4.78 is 0. The summed E-state index contributed by atoms with van der Waals surface area (Å²) in [5.41, 5.74) is 6.14. The maximum atomic E-state index is 5.13. The molecule has 3 aliphatic carbocycles. The molecule has 0 saturated heterocycles. The predicted molar refractivity (Wildman–Crippen MR) is 103 cm³/mol. The van der Waals surface area contributed by atoms with Gasteiger partial charge in [-0.25, -0.2) is 0 Å². The second kappa shape index (κ2) is 6.74. The molecule has 2 bridgehead atoms. The van der Waals surface area contributed by atoms with Crippen LogP contribution in [-0.2, 0) is 0 Å². The van der Waals surface area contributed by atoms with Crippen LogP contribution in [0.1, 0.15) is 56.9 Å². The van der Waals surface area contributed by atoms with E-state index in [0.717, 1.165) is 11.8 Å². The Morgan fingerprint density at radius 1 is 1.00 bits per heavy atom. The third kappa shape index (κ3) is 3.03.